The molecule has 0 bridgehead atoms. The fraction of sp³-hybridized carbons (Fsp3) is 0.588. The van der Waals surface area contributed by atoms with E-state index in [2.05, 4.69) is 41.4 Å². The van der Waals surface area contributed by atoms with Gasteiger partial charge in [0.25, 0.3) is 0 Å². The first-order chi connectivity index (χ1) is 10.3. The van der Waals surface area contributed by atoms with Crippen LogP contribution in [0.2, 0.25) is 0 Å². The largest absolute Gasteiger partial charge is 0.317 e. The maximum atomic E-state index is 4.77. The molecule has 0 saturated carbocycles. The average Bonchev–Trinajstić information content (AvgIpc) is 2.85. The van der Waals surface area contributed by atoms with Gasteiger partial charge in [0.2, 0.25) is 0 Å². The average molecular weight is 286 g/mol. The van der Waals surface area contributed by atoms with Gasteiger partial charge in [-0.15, -0.1) is 0 Å². The molecular weight excluding hydrogens is 260 g/mol. The number of fused-ring (bicyclic) bond motifs is 1. The van der Waals surface area contributed by atoms with Gasteiger partial charge in [0.05, 0.1) is 11.2 Å². The van der Waals surface area contributed by atoms with Crippen molar-refractivity contribution < 1.29 is 0 Å². The van der Waals surface area contributed by atoms with Crippen LogP contribution in [0.1, 0.15) is 31.9 Å². The van der Waals surface area contributed by atoms with E-state index in [1.807, 2.05) is 11.7 Å². The van der Waals surface area contributed by atoms with E-state index in [1.54, 1.807) is 0 Å². The molecule has 21 heavy (non-hydrogen) atoms. The number of hydrogen-bond acceptors (Lipinski definition) is 3. The molecule has 2 heterocycles. The van der Waals surface area contributed by atoms with Crippen molar-refractivity contribution in [2.75, 3.05) is 19.6 Å². The van der Waals surface area contributed by atoms with E-state index >= 15 is 0 Å². The first kappa shape index (κ1) is 14.5. The molecule has 0 unspecified atom stereocenters. The van der Waals surface area contributed by atoms with Crippen molar-refractivity contribution in [3.05, 3.63) is 30.0 Å². The van der Waals surface area contributed by atoms with Gasteiger partial charge in [0.15, 0.2) is 0 Å². The van der Waals surface area contributed by atoms with E-state index in [0.717, 1.165) is 26.2 Å². The van der Waals surface area contributed by atoms with Gasteiger partial charge in [-0.25, -0.2) is 0 Å². The second kappa shape index (κ2) is 6.58. The zero-order chi connectivity index (χ0) is 14.7. The molecule has 114 valence electrons. The summed E-state index contributed by atoms with van der Waals surface area (Å²) in [4.78, 5) is 2.63. The number of benzene rings is 1. The Morgan fingerprint density at radius 2 is 2.05 bits per heavy atom. The Balaban J connectivity index is 1.83. The second-order valence-corrected chi connectivity index (χ2v) is 6.04. The molecule has 4 heteroatoms. The van der Waals surface area contributed by atoms with Gasteiger partial charge in [-0.05, 0) is 45.0 Å². The fourth-order valence-corrected chi connectivity index (χ4v) is 3.45. The van der Waals surface area contributed by atoms with Crippen LogP contribution in [0.4, 0.5) is 0 Å². The predicted molar refractivity (Wildman–Crippen MR) is 87.3 cm³/mol. The van der Waals surface area contributed by atoms with Gasteiger partial charge in [-0.2, -0.15) is 5.10 Å². The van der Waals surface area contributed by atoms with E-state index < -0.39 is 0 Å². The molecule has 0 atom stereocenters. The molecule has 1 aromatic carbocycles. The normalized spacial score (nSPS) is 16.9. The summed E-state index contributed by atoms with van der Waals surface area (Å²) < 4.78 is 2.01. The van der Waals surface area contributed by atoms with Crippen LogP contribution in [0.25, 0.3) is 10.9 Å². The zero-order valence-electron chi connectivity index (χ0n) is 13.2. The molecule has 1 N–H and O–H groups in total. The van der Waals surface area contributed by atoms with Crippen molar-refractivity contribution in [3.8, 4) is 0 Å². The highest BCUT2D eigenvalue weighted by Crippen LogP contribution is 2.22. The van der Waals surface area contributed by atoms with E-state index in [1.165, 1.54) is 35.9 Å². The predicted octanol–water partition coefficient (Wildman–Crippen LogP) is 2.54. The Kier molecular flexibility index (Phi) is 4.56. The minimum absolute atomic E-state index is 0.701. The Bertz CT molecular complexity index is 583. The highest BCUT2D eigenvalue weighted by Gasteiger charge is 2.22. The van der Waals surface area contributed by atoms with E-state index in [-0.39, 0.29) is 0 Å². The summed E-state index contributed by atoms with van der Waals surface area (Å²) in [5.74, 6) is 0. The van der Waals surface area contributed by atoms with Crippen molar-refractivity contribution in [1.82, 2.24) is 20.0 Å². The molecule has 0 radical (unpaired) electrons. The smallest absolute Gasteiger partial charge is 0.0843 e. The lowest BCUT2D eigenvalue weighted by Crippen LogP contribution is -2.43. The van der Waals surface area contributed by atoms with E-state index in [4.69, 9.17) is 5.10 Å². The summed E-state index contributed by atoms with van der Waals surface area (Å²) in [5.41, 5.74) is 2.45. The number of nitrogens with one attached hydrogen (secondary N) is 1. The second-order valence-electron chi connectivity index (χ2n) is 6.04. The summed E-state index contributed by atoms with van der Waals surface area (Å²) in [6, 6.07) is 9.25. The van der Waals surface area contributed by atoms with Crippen molar-refractivity contribution in [2.24, 2.45) is 7.05 Å². The van der Waals surface area contributed by atoms with Gasteiger partial charge >= 0.3 is 0 Å². The third kappa shape index (κ3) is 3.11. The van der Waals surface area contributed by atoms with E-state index in [0.29, 0.717) is 6.04 Å². The first-order valence-electron chi connectivity index (χ1n) is 8.15. The number of nitrogens with zero attached hydrogens (tertiary/aromatic N) is 3. The first-order valence-corrected chi connectivity index (χ1v) is 8.15. The summed E-state index contributed by atoms with van der Waals surface area (Å²) in [7, 11) is 2.04. The molecule has 1 aliphatic rings. The minimum atomic E-state index is 0.701. The number of aryl methyl sites for hydroxylation is 1. The topological polar surface area (TPSA) is 33.1 Å². The molecule has 4 nitrogen and oxygen atoms in total. The molecule has 2 aromatic rings. The summed E-state index contributed by atoms with van der Waals surface area (Å²) >= 11 is 0. The SMILES string of the molecule is CCCN(Cc1nn(C)c2ccccc12)C1CCNCC1. The Labute approximate surface area is 127 Å². The lowest BCUT2D eigenvalue weighted by Gasteiger charge is -2.34. The zero-order valence-corrected chi connectivity index (χ0v) is 13.2. The van der Waals surface area contributed by atoms with Gasteiger partial charge in [-0.3, -0.25) is 9.58 Å². The molecule has 3 rings (SSSR count). The van der Waals surface area contributed by atoms with Gasteiger partial charge in [-0.1, -0.05) is 25.1 Å². The Morgan fingerprint density at radius 3 is 2.81 bits per heavy atom. The van der Waals surface area contributed by atoms with Crippen LogP contribution in [0.5, 0.6) is 0 Å². The van der Waals surface area contributed by atoms with Crippen LogP contribution >= 0.6 is 0 Å². The van der Waals surface area contributed by atoms with Crippen molar-refractivity contribution >= 4 is 10.9 Å². The number of piperidine rings is 1. The van der Waals surface area contributed by atoms with Crippen LogP contribution < -0.4 is 5.32 Å². The molecule has 1 aromatic heterocycles. The maximum absolute atomic E-state index is 4.77. The van der Waals surface area contributed by atoms with Crippen LogP contribution in [-0.4, -0.2) is 40.4 Å². The standard InChI is InChI=1S/C17H26N4/c1-3-12-21(14-8-10-18-11-9-14)13-16-15-6-4-5-7-17(15)20(2)19-16/h4-7,14,18H,3,8-13H2,1-2H3. The van der Waals surface area contributed by atoms with Crippen LogP contribution in [-0.2, 0) is 13.6 Å². The maximum Gasteiger partial charge on any atom is 0.0843 e. The monoisotopic (exact) mass is 286 g/mol. The van der Waals surface area contributed by atoms with Crippen molar-refractivity contribution in [1.29, 1.82) is 0 Å². The minimum Gasteiger partial charge on any atom is -0.317 e. The molecule has 1 fully saturated rings. The Morgan fingerprint density at radius 1 is 1.29 bits per heavy atom. The molecule has 0 aliphatic carbocycles. The molecule has 0 spiro atoms. The van der Waals surface area contributed by atoms with Gasteiger partial charge in [0.1, 0.15) is 0 Å². The highest BCUT2D eigenvalue weighted by molar-refractivity contribution is 5.81. The van der Waals surface area contributed by atoms with Gasteiger partial charge in [0, 0.05) is 25.0 Å². The highest BCUT2D eigenvalue weighted by atomic mass is 15.3. The third-order valence-corrected chi connectivity index (χ3v) is 4.52. The fourth-order valence-electron chi connectivity index (χ4n) is 3.45. The van der Waals surface area contributed by atoms with Crippen LogP contribution in [0, 0.1) is 0 Å². The van der Waals surface area contributed by atoms with Crippen molar-refractivity contribution in [3.63, 3.8) is 0 Å². The number of aromatic nitrogens is 2. The number of hydrogen-bond donors (Lipinski definition) is 1. The third-order valence-electron chi connectivity index (χ3n) is 4.52. The van der Waals surface area contributed by atoms with Crippen molar-refractivity contribution in [2.45, 2.75) is 38.8 Å². The number of rotatable bonds is 5. The summed E-state index contributed by atoms with van der Waals surface area (Å²) in [6.45, 7) is 6.70. The molecular formula is C17H26N4. The molecule has 1 saturated heterocycles. The van der Waals surface area contributed by atoms with E-state index in [9.17, 15) is 0 Å². The lowest BCUT2D eigenvalue weighted by molar-refractivity contribution is 0.152. The molecule has 1 aliphatic heterocycles. The van der Waals surface area contributed by atoms with Gasteiger partial charge < -0.3 is 5.32 Å². The Hall–Kier alpha value is -1.39. The summed E-state index contributed by atoms with van der Waals surface area (Å²) in [6.07, 6.45) is 3.71. The summed E-state index contributed by atoms with van der Waals surface area (Å²) in [5, 5.41) is 9.53. The van der Waals surface area contributed by atoms with Crippen LogP contribution in [0.15, 0.2) is 24.3 Å². The lowest BCUT2D eigenvalue weighted by atomic mass is 10.0. The number of para-hydroxylation sites is 1. The quantitative estimate of drug-likeness (QED) is 0.917. The van der Waals surface area contributed by atoms with Crippen LogP contribution in [0.3, 0.4) is 0 Å². The molecule has 0 amide bonds.